The van der Waals surface area contributed by atoms with Gasteiger partial charge in [0.15, 0.2) is 0 Å². The Balaban J connectivity index is 2.26. The fourth-order valence-corrected chi connectivity index (χ4v) is 1.90. The number of hydrogen-bond donors (Lipinski definition) is 2. The van der Waals surface area contributed by atoms with Gasteiger partial charge in [0.25, 0.3) is 0 Å². The van der Waals surface area contributed by atoms with Crippen LogP contribution in [0.15, 0.2) is 18.3 Å². The number of aromatic nitrogens is 1. The van der Waals surface area contributed by atoms with Crippen molar-refractivity contribution in [2.24, 2.45) is 11.5 Å². The molecule has 0 aromatic carbocycles. The SMILES string of the molecule is NCc1cc(N2CCOCC2C(N)=O)ccn1. The topological polar surface area (TPSA) is 94.5 Å². The summed E-state index contributed by atoms with van der Waals surface area (Å²) in [5.41, 5.74) is 12.6. The fraction of sp³-hybridized carbons (Fsp3) is 0.455. The normalized spacial score (nSPS) is 20.3. The van der Waals surface area contributed by atoms with Gasteiger partial charge in [-0.15, -0.1) is 0 Å². The first-order chi connectivity index (χ1) is 8.22. The zero-order valence-corrected chi connectivity index (χ0v) is 9.50. The molecule has 1 aromatic rings. The molecule has 2 rings (SSSR count). The summed E-state index contributed by atoms with van der Waals surface area (Å²) in [6.45, 7) is 1.93. The van der Waals surface area contributed by atoms with E-state index in [-0.39, 0.29) is 5.91 Å². The lowest BCUT2D eigenvalue weighted by Crippen LogP contribution is -2.52. The number of carbonyl (C=O) groups is 1. The molecular weight excluding hydrogens is 220 g/mol. The quantitative estimate of drug-likeness (QED) is 0.718. The van der Waals surface area contributed by atoms with Crippen LogP contribution in [0.4, 0.5) is 5.69 Å². The fourth-order valence-electron chi connectivity index (χ4n) is 1.90. The van der Waals surface area contributed by atoms with E-state index < -0.39 is 6.04 Å². The second kappa shape index (κ2) is 5.11. The van der Waals surface area contributed by atoms with Gasteiger partial charge in [0, 0.05) is 25.0 Å². The highest BCUT2D eigenvalue weighted by molar-refractivity contribution is 5.84. The van der Waals surface area contributed by atoms with Crippen molar-refractivity contribution >= 4 is 11.6 Å². The molecule has 6 nitrogen and oxygen atoms in total. The van der Waals surface area contributed by atoms with Crippen LogP contribution < -0.4 is 16.4 Å². The third-order valence-corrected chi connectivity index (χ3v) is 2.80. The van der Waals surface area contributed by atoms with Gasteiger partial charge in [-0.2, -0.15) is 0 Å². The minimum absolute atomic E-state index is 0.329. The summed E-state index contributed by atoms with van der Waals surface area (Å²) in [7, 11) is 0. The van der Waals surface area contributed by atoms with Crippen LogP contribution >= 0.6 is 0 Å². The van der Waals surface area contributed by atoms with E-state index in [1.165, 1.54) is 0 Å². The Bertz CT molecular complexity index is 410. The molecule has 0 saturated carbocycles. The first-order valence-corrected chi connectivity index (χ1v) is 5.51. The molecule has 0 spiro atoms. The predicted octanol–water partition coefficient (Wildman–Crippen LogP) is -0.769. The maximum absolute atomic E-state index is 11.4. The molecule has 1 aromatic heterocycles. The molecule has 1 saturated heterocycles. The van der Waals surface area contributed by atoms with Crippen LogP contribution in [0, 0.1) is 0 Å². The largest absolute Gasteiger partial charge is 0.377 e. The van der Waals surface area contributed by atoms with E-state index >= 15 is 0 Å². The number of amides is 1. The van der Waals surface area contributed by atoms with Gasteiger partial charge in [0.1, 0.15) is 6.04 Å². The summed E-state index contributed by atoms with van der Waals surface area (Å²) in [6.07, 6.45) is 1.69. The average Bonchev–Trinajstić information content (AvgIpc) is 2.39. The Kier molecular flexibility index (Phi) is 3.55. The molecule has 0 aliphatic carbocycles. The van der Waals surface area contributed by atoms with E-state index in [1.54, 1.807) is 6.20 Å². The maximum atomic E-state index is 11.4. The number of primary amides is 1. The maximum Gasteiger partial charge on any atom is 0.242 e. The summed E-state index contributed by atoms with van der Waals surface area (Å²) in [5.74, 6) is -0.379. The molecule has 1 unspecified atom stereocenters. The van der Waals surface area contributed by atoms with Crippen LogP contribution in [0.5, 0.6) is 0 Å². The van der Waals surface area contributed by atoms with Crippen LogP contribution in [0.3, 0.4) is 0 Å². The summed E-state index contributed by atoms with van der Waals surface area (Å²) < 4.78 is 5.27. The molecule has 1 aliphatic heterocycles. The lowest BCUT2D eigenvalue weighted by atomic mass is 10.2. The molecule has 1 atom stereocenters. The Morgan fingerprint density at radius 1 is 1.65 bits per heavy atom. The van der Waals surface area contributed by atoms with Crippen molar-refractivity contribution < 1.29 is 9.53 Å². The summed E-state index contributed by atoms with van der Waals surface area (Å²) >= 11 is 0. The number of anilines is 1. The standard InChI is InChI=1S/C11H16N4O2/c12-6-8-5-9(1-2-14-8)15-3-4-17-7-10(15)11(13)16/h1-2,5,10H,3-4,6-7,12H2,(H2,13,16). The number of nitrogens with zero attached hydrogens (tertiary/aromatic N) is 2. The number of pyridine rings is 1. The van der Waals surface area contributed by atoms with Crippen LogP contribution in [0.2, 0.25) is 0 Å². The minimum atomic E-state index is -0.420. The number of hydrogen-bond acceptors (Lipinski definition) is 5. The van der Waals surface area contributed by atoms with E-state index in [0.29, 0.717) is 26.3 Å². The number of carbonyl (C=O) groups excluding carboxylic acids is 1. The van der Waals surface area contributed by atoms with Gasteiger partial charge in [-0.1, -0.05) is 0 Å². The molecule has 2 heterocycles. The van der Waals surface area contributed by atoms with Gasteiger partial charge < -0.3 is 21.1 Å². The summed E-state index contributed by atoms with van der Waals surface area (Å²) in [4.78, 5) is 17.4. The number of ether oxygens (including phenoxy) is 1. The Hall–Kier alpha value is -1.66. The van der Waals surface area contributed by atoms with Gasteiger partial charge in [-0.3, -0.25) is 9.78 Å². The highest BCUT2D eigenvalue weighted by atomic mass is 16.5. The van der Waals surface area contributed by atoms with E-state index in [2.05, 4.69) is 4.98 Å². The van der Waals surface area contributed by atoms with Gasteiger partial charge in [-0.25, -0.2) is 0 Å². The van der Waals surface area contributed by atoms with Crippen LogP contribution in [0.25, 0.3) is 0 Å². The minimum Gasteiger partial charge on any atom is -0.377 e. The van der Waals surface area contributed by atoms with Crippen molar-refractivity contribution in [1.82, 2.24) is 4.98 Å². The number of morpholine rings is 1. The lowest BCUT2D eigenvalue weighted by molar-refractivity contribution is -0.121. The average molecular weight is 236 g/mol. The van der Waals surface area contributed by atoms with Gasteiger partial charge in [-0.05, 0) is 12.1 Å². The third kappa shape index (κ3) is 2.54. The lowest BCUT2D eigenvalue weighted by Gasteiger charge is -2.35. The highest BCUT2D eigenvalue weighted by Crippen LogP contribution is 2.19. The first kappa shape index (κ1) is 11.8. The monoisotopic (exact) mass is 236 g/mol. The van der Waals surface area contributed by atoms with Gasteiger partial charge in [0.05, 0.1) is 18.9 Å². The predicted molar refractivity (Wildman–Crippen MR) is 63.3 cm³/mol. The molecule has 6 heteroatoms. The van der Waals surface area contributed by atoms with Crippen molar-refractivity contribution in [3.63, 3.8) is 0 Å². The summed E-state index contributed by atoms with van der Waals surface area (Å²) in [5, 5.41) is 0. The Morgan fingerprint density at radius 2 is 2.47 bits per heavy atom. The molecule has 1 fully saturated rings. The van der Waals surface area contributed by atoms with Crippen molar-refractivity contribution in [3.05, 3.63) is 24.0 Å². The van der Waals surface area contributed by atoms with Crippen molar-refractivity contribution in [2.45, 2.75) is 12.6 Å². The van der Waals surface area contributed by atoms with Crippen LogP contribution in [-0.4, -0.2) is 36.7 Å². The van der Waals surface area contributed by atoms with E-state index in [1.807, 2.05) is 17.0 Å². The molecule has 4 N–H and O–H groups in total. The molecule has 92 valence electrons. The molecule has 0 radical (unpaired) electrons. The van der Waals surface area contributed by atoms with E-state index in [4.69, 9.17) is 16.2 Å². The zero-order chi connectivity index (χ0) is 12.3. The Labute approximate surface area is 99.5 Å². The molecule has 1 aliphatic rings. The van der Waals surface area contributed by atoms with E-state index in [9.17, 15) is 4.79 Å². The number of rotatable bonds is 3. The van der Waals surface area contributed by atoms with Crippen molar-refractivity contribution in [2.75, 3.05) is 24.7 Å². The molecule has 0 bridgehead atoms. The molecular formula is C11H16N4O2. The first-order valence-electron chi connectivity index (χ1n) is 5.51. The molecule has 17 heavy (non-hydrogen) atoms. The smallest absolute Gasteiger partial charge is 0.242 e. The summed E-state index contributed by atoms with van der Waals surface area (Å²) in [6, 6.07) is 3.30. The Morgan fingerprint density at radius 3 is 3.18 bits per heavy atom. The van der Waals surface area contributed by atoms with Gasteiger partial charge >= 0.3 is 0 Å². The van der Waals surface area contributed by atoms with E-state index in [0.717, 1.165) is 11.4 Å². The highest BCUT2D eigenvalue weighted by Gasteiger charge is 2.27. The van der Waals surface area contributed by atoms with Crippen LogP contribution in [0.1, 0.15) is 5.69 Å². The second-order valence-corrected chi connectivity index (χ2v) is 3.90. The second-order valence-electron chi connectivity index (χ2n) is 3.90. The molecule has 1 amide bonds. The van der Waals surface area contributed by atoms with Crippen molar-refractivity contribution in [1.29, 1.82) is 0 Å². The van der Waals surface area contributed by atoms with Crippen LogP contribution in [-0.2, 0) is 16.1 Å². The number of nitrogens with two attached hydrogens (primary N) is 2. The third-order valence-electron chi connectivity index (χ3n) is 2.80. The zero-order valence-electron chi connectivity index (χ0n) is 9.50. The van der Waals surface area contributed by atoms with Crippen molar-refractivity contribution in [3.8, 4) is 0 Å². The van der Waals surface area contributed by atoms with Gasteiger partial charge in [0.2, 0.25) is 5.91 Å².